The molecular weight excluding hydrogens is 1650 g/mol. The number of benzene rings is 11. The minimum absolute atomic E-state index is 0. The van der Waals surface area contributed by atoms with Crippen molar-refractivity contribution in [2.24, 2.45) is 16.5 Å². The van der Waals surface area contributed by atoms with E-state index in [-0.39, 0.29) is 96.7 Å². The number of aromatic nitrogens is 4. The molecule has 17 rings (SSSR count). The first kappa shape index (κ1) is 92.8. The van der Waals surface area contributed by atoms with E-state index in [9.17, 15) is 49.1 Å². The maximum atomic E-state index is 14.6. The Morgan fingerprint density at radius 2 is 0.840 bits per heavy atom. The molecule has 4 aliphatic carbocycles. The van der Waals surface area contributed by atoms with Gasteiger partial charge in [-0.15, -0.1) is 12.4 Å². The van der Waals surface area contributed by atoms with Gasteiger partial charge in [-0.05, 0) is 178 Å². The number of nitrogens with two attached hydrogens (primary N) is 2. The van der Waals surface area contributed by atoms with E-state index in [0.717, 1.165) is 101 Å². The van der Waals surface area contributed by atoms with Gasteiger partial charge in [0.1, 0.15) is 23.3 Å². The van der Waals surface area contributed by atoms with E-state index in [2.05, 4.69) is 31.7 Å². The summed E-state index contributed by atoms with van der Waals surface area (Å²) in [5.74, 6) is 0.108. The maximum Gasteiger partial charge on any atom is 0.264 e. The lowest BCUT2D eigenvalue weighted by molar-refractivity contribution is 0.0967. The van der Waals surface area contributed by atoms with Gasteiger partial charge in [0.2, 0.25) is 11.9 Å². The molecule has 0 fully saturated rings. The molecule has 4 atom stereocenters. The fourth-order valence-corrected chi connectivity index (χ4v) is 16.0. The van der Waals surface area contributed by atoms with E-state index in [1.54, 1.807) is 42.6 Å². The van der Waals surface area contributed by atoms with Gasteiger partial charge in [-0.1, -0.05) is 206 Å². The normalized spacial score (nSPS) is 15.2. The second kappa shape index (κ2) is 43.4. The number of carbonyl (C=O) groups excluding carboxylic acids is 2. The first-order valence-electron chi connectivity index (χ1n) is 40.1. The van der Waals surface area contributed by atoms with Crippen LogP contribution in [-0.2, 0) is 56.5 Å². The molecule has 20 nitrogen and oxygen atoms in total. The number of nitrogens with zero attached hydrogens (tertiary/aromatic N) is 6. The van der Waals surface area contributed by atoms with Gasteiger partial charge in [0.25, 0.3) is 20.2 Å². The fraction of sp³-hybridized carbons (Fsp3) is 0.194. The Labute approximate surface area is 731 Å². The average Bonchev–Trinajstić information content (AvgIpc) is 0.757. The number of rotatable bonds is 18. The molecule has 0 saturated carbocycles. The van der Waals surface area contributed by atoms with E-state index < -0.39 is 20.2 Å². The fourth-order valence-electron chi connectivity index (χ4n) is 15.6. The van der Waals surface area contributed by atoms with Crippen molar-refractivity contribution in [2.75, 3.05) is 57.1 Å². The molecule has 13 aromatic rings. The highest BCUT2D eigenvalue weighted by Gasteiger charge is 2.34. The Bertz CT molecular complexity index is 6280. The molecule has 2 aromatic heterocycles. The number of aliphatic imine (C=N–C) groups is 1. The number of hydrogen-bond donors (Lipinski definition) is 7. The van der Waals surface area contributed by atoms with Crippen molar-refractivity contribution in [2.45, 2.75) is 75.0 Å². The highest BCUT2D eigenvalue weighted by molar-refractivity contribution is 7.86. The Morgan fingerprint density at radius 1 is 0.480 bits per heavy atom. The van der Waals surface area contributed by atoms with Crippen LogP contribution in [0.25, 0.3) is 22.5 Å². The number of guanidine groups is 1. The summed E-state index contributed by atoms with van der Waals surface area (Å²) in [5.41, 5.74) is 30.3. The van der Waals surface area contributed by atoms with Gasteiger partial charge in [0.05, 0.1) is 36.2 Å². The number of aliphatic hydroxyl groups is 2. The van der Waals surface area contributed by atoms with E-state index >= 15 is 0 Å². The molecule has 9 N–H and O–H groups in total. The van der Waals surface area contributed by atoms with Crippen molar-refractivity contribution in [3.63, 3.8) is 0 Å². The monoisotopic (exact) mass is 1750 g/mol. The van der Waals surface area contributed by atoms with Crippen LogP contribution in [0.5, 0.6) is 0 Å². The zero-order chi connectivity index (χ0) is 88.0. The lowest BCUT2D eigenvalue weighted by atomic mass is 9.76. The minimum Gasteiger partial charge on any atom is -0.396 e. The average molecular weight is 1750 g/mol. The number of halogens is 5. The molecule has 0 spiro atoms. The summed E-state index contributed by atoms with van der Waals surface area (Å²) in [6.45, 7) is 0.321. The SMILES string of the molecule is CN(C)/C=C1\C[C@@H](c2ccccc2F)c2ccccc2C1=O.CS(=O)(=O)O.CS(=O)(=O)OCCc1cccc(Nc2ncc3c(n2)-c2ccccc2[C@H](c2ccccc2F)C3)c1.Cl.NC(N)=Nc1cccc(CCO)c1.O=C1CC[C@@H](c2ccccc2F)c2ccccc21.OCCc1cccc(Nc2ncc3c(n2)-c2ccccc2[C@H](c2ccccc2F)C3)c1. The van der Waals surface area contributed by atoms with Crippen LogP contribution in [-0.4, -0.2) is 120 Å². The van der Waals surface area contributed by atoms with Crippen LogP contribution in [0, 0.1) is 23.3 Å². The Morgan fingerprint density at radius 3 is 1.26 bits per heavy atom. The molecule has 0 saturated heterocycles. The highest BCUT2D eigenvalue weighted by Crippen LogP contribution is 2.46. The van der Waals surface area contributed by atoms with Crippen molar-refractivity contribution in [1.29, 1.82) is 0 Å². The molecule has 2 heterocycles. The summed E-state index contributed by atoms with van der Waals surface area (Å²) in [7, 11) is -3.36. The smallest absolute Gasteiger partial charge is 0.264 e. The number of allylic oxidation sites excluding steroid dienone is 1. The highest BCUT2D eigenvalue weighted by atomic mass is 35.5. The predicted octanol–water partition coefficient (Wildman–Crippen LogP) is 18.5. The number of hydrogen-bond acceptors (Lipinski definition) is 17. The van der Waals surface area contributed by atoms with Gasteiger partial charge in [0, 0.05) is 115 Å². The molecule has 4 aliphatic rings. The standard InChI is InChI=1S/C27H24FN3O3S.C26H22FN3O.C19H18FNO.C16H13FO.C9H13N3O.CH4O3S.ClH/c1-35(32,33)34-14-13-18-7-6-8-20(15-18)30-27-29-17-19-16-24(22-10-4-5-12-25(22)28)21-9-2-3-11-23(21)26(19)31-27;27-24-11-4-3-9-21(24)23-15-18-16-28-26(29-19-7-5-6-17(14-19)12-13-31)30-25(18)22-10-2-1-8-20(22)23;1-21(2)12-13-11-17(15-8-5-6-10-18(15)20)14-7-3-4-9-16(14)19(13)22;17-15-8-4-3-6-13(15)12-9-10-16(18)14-7-2-1-5-11(12)14;10-9(11)12-8-3-1-2-7(6-8)4-5-13;1-5(2,3)4;/h2-12,15,17,24H,13-14,16H2,1H3,(H,29,30,31);1-11,14,16,23,31H,12-13,15H2,(H,28,29,30);3-10,12,17H,11H2,1-2H3;1-8,12H,9-10H2;1-3,6,13H,4-5H2,(H4,10,11,12);1H3,(H,2,3,4);1H/b;;13-12+;;;;/t24-;23-;17-;12-;;;/m1111.../s1. The first-order valence-corrected chi connectivity index (χ1v) is 43.7. The maximum absolute atomic E-state index is 14.6. The third-order valence-corrected chi connectivity index (χ3v) is 21.5. The van der Waals surface area contributed by atoms with Gasteiger partial charge < -0.3 is 37.2 Å². The Balaban J connectivity index is 0.000000155. The van der Waals surface area contributed by atoms with Crippen LogP contribution in [0.1, 0.15) is 136 Å². The predicted molar refractivity (Wildman–Crippen MR) is 485 cm³/mol. The summed E-state index contributed by atoms with van der Waals surface area (Å²) >= 11 is 0. The number of ketones is 2. The van der Waals surface area contributed by atoms with Crippen molar-refractivity contribution >= 4 is 79.1 Å². The third-order valence-electron chi connectivity index (χ3n) is 20.9. The molecule has 0 unspecified atom stereocenters. The molecule has 0 radical (unpaired) electrons. The Hall–Kier alpha value is -12.9. The second-order valence-electron chi connectivity index (χ2n) is 30.1. The van der Waals surface area contributed by atoms with E-state index in [1.165, 1.54) is 24.3 Å². The quantitative estimate of drug-likeness (QED) is 0.0105. The summed E-state index contributed by atoms with van der Waals surface area (Å²) in [5, 5.41) is 24.4. The van der Waals surface area contributed by atoms with Gasteiger partial charge >= 0.3 is 0 Å². The third kappa shape index (κ3) is 25.2. The van der Waals surface area contributed by atoms with Crippen LogP contribution in [0.15, 0.2) is 296 Å². The minimum atomic E-state index is -3.67. The van der Waals surface area contributed by atoms with Gasteiger partial charge in [0.15, 0.2) is 17.5 Å². The number of anilines is 4. The summed E-state index contributed by atoms with van der Waals surface area (Å²) in [4.78, 5) is 48.9. The number of aliphatic hydroxyl groups excluding tert-OH is 2. The number of Topliss-reactive ketones (excluding diaryl/α,β-unsaturated/α-hetero) is 2. The molecule has 0 bridgehead atoms. The van der Waals surface area contributed by atoms with E-state index in [1.807, 2.05) is 232 Å². The van der Waals surface area contributed by atoms with Gasteiger partial charge in [-0.25, -0.2) is 42.5 Å². The zero-order valence-corrected chi connectivity index (χ0v) is 71.4. The van der Waals surface area contributed by atoms with E-state index in [4.69, 9.17) is 35.3 Å². The van der Waals surface area contributed by atoms with Crippen LogP contribution in [0.3, 0.4) is 0 Å². The van der Waals surface area contributed by atoms with Crippen molar-refractivity contribution < 1.29 is 62.9 Å². The second-order valence-corrected chi connectivity index (χ2v) is 33.2. The number of nitrogens with one attached hydrogen (secondary N) is 2. The zero-order valence-electron chi connectivity index (χ0n) is 69.0. The molecule has 27 heteroatoms. The van der Waals surface area contributed by atoms with Crippen LogP contribution in [0.4, 0.5) is 46.5 Å². The molecule has 0 amide bonds. The molecular formula is C98H95ClF4N10O10S2. The van der Waals surface area contributed by atoms with Crippen LogP contribution >= 0.6 is 12.4 Å². The van der Waals surface area contributed by atoms with Crippen LogP contribution in [0.2, 0.25) is 0 Å². The van der Waals surface area contributed by atoms with E-state index in [0.29, 0.717) is 103 Å². The first-order chi connectivity index (χ1) is 59.7. The molecule has 11 aromatic carbocycles. The van der Waals surface area contributed by atoms with Crippen molar-refractivity contribution in [3.8, 4) is 22.5 Å². The molecule has 644 valence electrons. The largest absolute Gasteiger partial charge is 0.396 e. The van der Waals surface area contributed by atoms with Crippen molar-refractivity contribution in [3.05, 3.63) is 398 Å². The van der Waals surface area contributed by atoms with Crippen molar-refractivity contribution in [1.82, 2.24) is 24.8 Å². The lowest BCUT2D eigenvalue weighted by Crippen LogP contribution is -2.21. The van der Waals surface area contributed by atoms with Gasteiger partial charge in [-0.3, -0.25) is 18.3 Å². The summed E-state index contributed by atoms with van der Waals surface area (Å²) in [6, 6.07) is 81.5. The summed E-state index contributed by atoms with van der Waals surface area (Å²) < 4.78 is 110. The van der Waals surface area contributed by atoms with Gasteiger partial charge in [-0.2, -0.15) is 16.8 Å². The van der Waals surface area contributed by atoms with Crippen LogP contribution < -0.4 is 22.1 Å². The number of carbonyl (C=O) groups is 2. The molecule has 0 aliphatic heterocycles. The Kier molecular flexibility index (Phi) is 32.2. The lowest BCUT2D eigenvalue weighted by Gasteiger charge is -2.28. The number of fused-ring (bicyclic) bond motifs is 8. The summed E-state index contributed by atoms with van der Waals surface area (Å²) in [6.07, 6.45) is 11.9. The molecule has 125 heavy (non-hydrogen) atoms. The topological polar surface area (TPSA) is 316 Å².